The van der Waals surface area contributed by atoms with Crippen LogP contribution >= 0.6 is 0 Å². The highest BCUT2D eigenvalue weighted by atomic mass is 14.1. The van der Waals surface area contributed by atoms with Crippen molar-refractivity contribution in [3.63, 3.8) is 0 Å². The molecule has 0 aliphatic heterocycles. The highest BCUT2D eigenvalue weighted by Crippen LogP contribution is 2.20. The maximum atomic E-state index is 2.37. The van der Waals surface area contributed by atoms with Crippen molar-refractivity contribution in [1.82, 2.24) is 0 Å². The van der Waals surface area contributed by atoms with Crippen LogP contribution in [0.5, 0.6) is 0 Å². The Balaban J connectivity index is 2.28. The van der Waals surface area contributed by atoms with Crippen molar-refractivity contribution in [3.05, 3.63) is 12.2 Å². The lowest BCUT2D eigenvalue weighted by Gasteiger charge is -2.11. The van der Waals surface area contributed by atoms with Crippen molar-refractivity contribution in [2.24, 2.45) is 5.92 Å². The molecule has 0 saturated heterocycles. The molecule has 1 aliphatic rings. The summed E-state index contributed by atoms with van der Waals surface area (Å²) in [5, 5.41) is 0. The third-order valence-electron chi connectivity index (χ3n) is 2.72. The first-order chi connectivity index (χ1) is 5.43. The smallest absolute Gasteiger partial charge is 0.0348 e. The lowest BCUT2D eigenvalue weighted by Crippen LogP contribution is -1.97. The molecule has 0 nitrogen and oxygen atoms in total. The third kappa shape index (κ3) is 3.60. The van der Waals surface area contributed by atoms with Crippen molar-refractivity contribution in [1.29, 1.82) is 0 Å². The van der Waals surface area contributed by atoms with E-state index >= 15 is 0 Å². The van der Waals surface area contributed by atoms with E-state index in [2.05, 4.69) is 19.1 Å². The second-order valence-corrected chi connectivity index (χ2v) is 3.61. The molecular formula is C11H20. The standard InChI is InChI=1S/C11H20/c1-2-11-9-7-5-3-4-6-8-10-11/h3,5,11H,2,4,6-10H2,1H3/b5-3-. The van der Waals surface area contributed by atoms with Gasteiger partial charge in [-0.25, -0.2) is 0 Å². The maximum absolute atomic E-state index is 2.37. The van der Waals surface area contributed by atoms with Crippen molar-refractivity contribution >= 4 is 0 Å². The Morgan fingerprint density at radius 2 is 1.91 bits per heavy atom. The van der Waals surface area contributed by atoms with Gasteiger partial charge in [0.1, 0.15) is 0 Å². The monoisotopic (exact) mass is 152 g/mol. The van der Waals surface area contributed by atoms with Crippen LogP contribution in [0.2, 0.25) is 0 Å². The first-order valence-electron chi connectivity index (χ1n) is 5.08. The fraction of sp³-hybridized carbons (Fsp3) is 0.818. The van der Waals surface area contributed by atoms with Gasteiger partial charge in [0.15, 0.2) is 0 Å². The normalized spacial score (nSPS) is 30.1. The topological polar surface area (TPSA) is 0 Å². The zero-order valence-electron chi connectivity index (χ0n) is 7.68. The summed E-state index contributed by atoms with van der Waals surface area (Å²) < 4.78 is 0. The Bertz CT molecular complexity index is 113. The van der Waals surface area contributed by atoms with Gasteiger partial charge in [0, 0.05) is 0 Å². The van der Waals surface area contributed by atoms with E-state index < -0.39 is 0 Å². The Labute approximate surface area is 70.7 Å². The first kappa shape index (κ1) is 8.83. The Kier molecular flexibility index (Phi) is 4.33. The van der Waals surface area contributed by atoms with Gasteiger partial charge >= 0.3 is 0 Å². The van der Waals surface area contributed by atoms with Gasteiger partial charge < -0.3 is 0 Å². The molecule has 1 unspecified atom stereocenters. The maximum Gasteiger partial charge on any atom is -0.0348 e. The number of hydrogen-bond acceptors (Lipinski definition) is 0. The van der Waals surface area contributed by atoms with Gasteiger partial charge in [-0.2, -0.15) is 0 Å². The van der Waals surface area contributed by atoms with Crippen LogP contribution in [0.4, 0.5) is 0 Å². The molecule has 0 saturated carbocycles. The predicted octanol–water partition coefficient (Wildman–Crippen LogP) is 3.92. The summed E-state index contributed by atoms with van der Waals surface area (Å²) in [5.74, 6) is 1.01. The largest absolute Gasteiger partial charge is 0.0885 e. The lowest BCUT2D eigenvalue weighted by atomic mass is 9.95. The van der Waals surface area contributed by atoms with Crippen LogP contribution in [0.3, 0.4) is 0 Å². The highest BCUT2D eigenvalue weighted by molar-refractivity contribution is 4.83. The van der Waals surface area contributed by atoms with Gasteiger partial charge in [0.25, 0.3) is 0 Å². The van der Waals surface area contributed by atoms with Crippen LogP contribution in [0.15, 0.2) is 12.2 Å². The second kappa shape index (κ2) is 5.40. The summed E-state index contributed by atoms with van der Waals surface area (Å²) >= 11 is 0. The fourth-order valence-corrected chi connectivity index (χ4v) is 1.82. The second-order valence-electron chi connectivity index (χ2n) is 3.61. The van der Waals surface area contributed by atoms with E-state index in [1.807, 2.05) is 0 Å². The Morgan fingerprint density at radius 1 is 1.09 bits per heavy atom. The SMILES string of the molecule is CCC1CC/C=C\CCCC1. The molecule has 0 amide bonds. The van der Waals surface area contributed by atoms with Crippen LogP contribution in [0, 0.1) is 5.92 Å². The summed E-state index contributed by atoms with van der Waals surface area (Å²) in [4.78, 5) is 0. The van der Waals surface area contributed by atoms with E-state index in [0.717, 1.165) is 5.92 Å². The van der Waals surface area contributed by atoms with E-state index in [0.29, 0.717) is 0 Å². The highest BCUT2D eigenvalue weighted by Gasteiger charge is 2.05. The summed E-state index contributed by atoms with van der Waals surface area (Å²) in [6.07, 6.45) is 14.5. The molecule has 0 aromatic heterocycles. The first-order valence-corrected chi connectivity index (χ1v) is 5.08. The molecule has 0 heterocycles. The minimum Gasteiger partial charge on any atom is -0.0885 e. The van der Waals surface area contributed by atoms with Crippen molar-refractivity contribution in [2.75, 3.05) is 0 Å². The number of allylic oxidation sites excluding steroid dienone is 2. The third-order valence-corrected chi connectivity index (χ3v) is 2.72. The van der Waals surface area contributed by atoms with Crippen molar-refractivity contribution < 1.29 is 0 Å². The Hall–Kier alpha value is -0.260. The Morgan fingerprint density at radius 3 is 2.73 bits per heavy atom. The average Bonchev–Trinajstić information content (AvgIpc) is 2.16. The average molecular weight is 152 g/mol. The zero-order chi connectivity index (χ0) is 7.94. The molecule has 0 radical (unpaired) electrons. The molecule has 0 bridgehead atoms. The molecule has 11 heavy (non-hydrogen) atoms. The van der Waals surface area contributed by atoms with Crippen molar-refractivity contribution in [3.8, 4) is 0 Å². The molecule has 0 fully saturated rings. The minimum absolute atomic E-state index is 1.01. The van der Waals surface area contributed by atoms with Crippen LogP contribution in [0.1, 0.15) is 51.9 Å². The van der Waals surface area contributed by atoms with Crippen LogP contribution in [-0.2, 0) is 0 Å². The van der Waals surface area contributed by atoms with Crippen LogP contribution in [-0.4, -0.2) is 0 Å². The lowest BCUT2D eigenvalue weighted by molar-refractivity contribution is 0.425. The van der Waals surface area contributed by atoms with E-state index in [4.69, 9.17) is 0 Å². The van der Waals surface area contributed by atoms with Crippen molar-refractivity contribution in [2.45, 2.75) is 51.9 Å². The predicted molar refractivity (Wildman–Crippen MR) is 50.6 cm³/mol. The molecular weight excluding hydrogens is 132 g/mol. The summed E-state index contributed by atoms with van der Waals surface area (Å²) in [6.45, 7) is 2.33. The quantitative estimate of drug-likeness (QED) is 0.499. The molecule has 1 rings (SSSR count). The summed E-state index contributed by atoms with van der Waals surface area (Å²) in [7, 11) is 0. The van der Waals surface area contributed by atoms with E-state index in [1.54, 1.807) is 0 Å². The number of hydrogen-bond donors (Lipinski definition) is 0. The van der Waals surface area contributed by atoms with Gasteiger partial charge in [0.2, 0.25) is 0 Å². The fourth-order valence-electron chi connectivity index (χ4n) is 1.82. The molecule has 0 aromatic rings. The van der Waals surface area contributed by atoms with Gasteiger partial charge in [-0.3, -0.25) is 0 Å². The zero-order valence-corrected chi connectivity index (χ0v) is 7.68. The van der Waals surface area contributed by atoms with Gasteiger partial charge in [-0.1, -0.05) is 38.3 Å². The molecule has 1 aliphatic carbocycles. The molecule has 0 aromatic carbocycles. The molecule has 64 valence electrons. The summed E-state index contributed by atoms with van der Waals surface area (Å²) in [6, 6.07) is 0. The van der Waals surface area contributed by atoms with Gasteiger partial charge in [-0.15, -0.1) is 0 Å². The van der Waals surface area contributed by atoms with Crippen LogP contribution in [0.25, 0.3) is 0 Å². The molecule has 0 heteroatoms. The van der Waals surface area contributed by atoms with E-state index in [1.165, 1.54) is 44.9 Å². The van der Waals surface area contributed by atoms with Crippen LogP contribution < -0.4 is 0 Å². The number of rotatable bonds is 1. The summed E-state index contributed by atoms with van der Waals surface area (Å²) in [5.41, 5.74) is 0. The molecule has 0 spiro atoms. The molecule has 0 N–H and O–H groups in total. The van der Waals surface area contributed by atoms with E-state index in [9.17, 15) is 0 Å². The van der Waals surface area contributed by atoms with Gasteiger partial charge in [0.05, 0.1) is 0 Å². The van der Waals surface area contributed by atoms with E-state index in [-0.39, 0.29) is 0 Å². The van der Waals surface area contributed by atoms with Gasteiger partial charge in [-0.05, 0) is 31.6 Å². The minimum atomic E-state index is 1.01. The molecule has 1 atom stereocenters.